The second-order valence-electron chi connectivity index (χ2n) is 8.63. The quantitative estimate of drug-likeness (QED) is 0.359. The van der Waals surface area contributed by atoms with Crippen LogP contribution in [0.1, 0.15) is 47.0 Å². The lowest BCUT2D eigenvalue weighted by Crippen LogP contribution is -2.71. The first kappa shape index (κ1) is 22.5. The number of nitrogens with zero attached hydrogens (tertiary/aromatic N) is 2. The third-order valence-corrected chi connectivity index (χ3v) is 7.47. The van der Waals surface area contributed by atoms with Gasteiger partial charge >= 0.3 is 0 Å². The van der Waals surface area contributed by atoms with Gasteiger partial charge < -0.3 is 0 Å². The second kappa shape index (κ2) is 7.75. The number of alkyl halides is 2. The highest BCUT2D eigenvalue weighted by atomic mass is 35.5. The molecular weight excluding hydrogens is 499 g/mol. The summed E-state index contributed by atoms with van der Waals surface area (Å²) in [5.41, 5.74) is -0.262. The van der Waals surface area contributed by atoms with Crippen LogP contribution in [0.25, 0.3) is 5.57 Å². The lowest BCUT2D eigenvalue weighted by molar-refractivity contribution is 0.00596. The van der Waals surface area contributed by atoms with E-state index in [1.165, 1.54) is 36.4 Å². The molecule has 4 amide bonds. The summed E-state index contributed by atoms with van der Waals surface area (Å²) in [6, 6.07) is 21.8. The Morgan fingerprint density at radius 2 is 0.944 bits per heavy atom. The van der Waals surface area contributed by atoms with Crippen LogP contribution in [0.4, 0.5) is 0 Å². The van der Waals surface area contributed by atoms with E-state index in [0.29, 0.717) is 5.57 Å². The Hall–Kier alpha value is -4.00. The minimum Gasteiger partial charge on any atom is -0.268 e. The molecule has 2 aliphatic heterocycles. The monoisotopic (exact) mass is 514 g/mol. The Balaban J connectivity index is 1.59. The molecule has 36 heavy (non-hydrogen) atoms. The van der Waals surface area contributed by atoms with Crippen LogP contribution in [0.15, 0.2) is 97.1 Å². The van der Waals surface area contributed by atoms with Crippen molar-refractivity contribution < 1.29 is 19.2 Å². The number of rotatable bonds is 3. The van der Waals surface area contributed by atoms with Crippen LogP contribution >= 0.6 is 23.2 Å². The van der Waals surface area contributed by atoms with E-state index in [1.54, 1.807) is 30.3 Å². The number of imide groups is 2. The number of allylic oxidation sites excluding steroid dienone is 2. The minimum atomic E-state index is -2.17. The van der Waals surface area contributed by atoms with E-state index in [1.807, 2.05) is 30.3 Å². The number of amides is 4. The summed E-state index contributed by atoms with van der Waals surface area (Å²) in [5.74, 6) is -2.84. The van der Waals surface area contributed by atoms with E-state index in [2.05, 4.69) is 0 Å². The highest BCUT2D eigenvalue weighted by Gasteiger charge is 2.66. The maximum Gasteiger partial charge on any atom is 0.263 e. The zero-order valence-corrected chi connectivity index (χ0v) is 20.0. The number of hydrogen-bond acceptors (Lipinski definition) is 4. The molecule has 0 fully saturated rings. The Bertz CT molecular complexity index is 1410. The molecule has 6 nitrogen and oxygen atoms in total. The molecule has 0 unspecified atom stereocenters. The first-order valence-corrected chi connectivity index (χ1v) is 11.8. The molecule has 3 aliphatic rings. The van der Waals surface area contributed by atoms with Gasteiger partial charge in [0.2, 0.25) is 0 Å². The predicted molar refractivity (Wildman–Crippen MR) is 135 cm³/mol. The average molecular weight is 515 g/mol. The molecule has 0 spiro atoms. The van der Waals surface area contributed by atoms with Crippen LogP contribution in [0, 0.1) is 0 Å². The van der Waals surface area contributed by atoms with Crippen LogP contribution in [0.5, 0.6) is 0 Å². The smallest absolute Gasteiger partial charge is 0.263 e. The van der Waals surface area contributed by atoms with Gasteiger partial charge in [-0.2, -0.15) is 0 Å². The highest BCUT2D eigenvalue weighted by Crippen LogP contribution is 2.52. The van der Waals surface area contributed by atoms with E-state index >= 15 is 0 Å². The summed E-state index contributed by atoms with van der Waals surface area (Å²) >= 11 is 14.0. The fourth-order valence-corrected chi connectivity index (χ4v) is 5.72. The summed E-state index contributed by atoms with van der Waals surface area (Å²) < 4.78 is -2.09. The standard InChI is InChI=1S/C28H16Cl2N2O4/c29-27(30)16-18(17-8-2-1-3-9-17)14-15-28(27,31-23(33)19-10-4-5-11-20(19)24(31)34)32-25(35)21-12-6-7-13-22(21)26(32)36/h1-16H. The molecule has 0 aromatic heterocycles. The molecule has 1 aliphatic carbocycles. The van der Waals surface area contributed by atoms with Crippen molar-refractivity contribution in [2.45, 2.75) is 10.00 Å². The number of carbonyl (C=O) groups is 4. The van der Waals surface area contributed by atoms with Crippen LogP contribution < -0.4 is 0 Å². The largest absolute Gasteiger partial charge is 0.268 e. The van der Waals surface area contributed by atoms with Crippen molar-refractivity contribution in [3.8, 4) is 0 Å². The van der Waals surface area contributed by atoms with E-state index in [0.717, 1.165) is 15.4 Å². The van der Waals surface area contributed by atoms with Gasteiger partial charge in [0.1, 0.15) is 0 Å². The zero-order chi connectivity index (χ0) is 25.2. The van der Waals surface area contributed by atoms with Gasteiger partial charge in [0, 0.05) is 0 Å². The Labute approximate surface area is 216 Å². The molecule has 2 heterocycles. The van der Waals surface area contributed by atoms with E-state index in [4.69, 9.17) is 23.2 Å². The molecule has 0 N–H and O–H groups in total. The first-order chi connectivity index (χ1) is 17.3. The van der Waals surface area contributed by atoms with Gasteiger partial charge in [0.25, 0.3) is 23.6 Å². The SMILES string of the molecule is O=C1c2ccccc2C(=O)N1C1(N2C(=O)c3ccccc3C2=O)C=CC(c2ccccc2)=CC1(Cl)Cl. The molecule has 6 rings (SSSR count). The molecule has 0 bridgehead atoms. The Morgan fingerprint density at radius 1 is 0.556 bits per heavy atom. The molecular formula is C28H16Cl2N2O4. The lowest BCUT2D eigenvalue weighted by Gasteiger charge is -2.50. The zero-order valence-electron chi connectivity index (χ0n) is 18.5. The van der Waals surface area contributed by atoms with Crippen molar-refractivity contribution in [1.82, 2.24) is 9.80 Å². The molecule has 0 saturated heterocycles. The number of hydrogen-bond donors (Lipinski definition) is 0. The lowest BCUT2D eigenvalue weighted by atomic mass is 9.89. The topological polar surface area (TPSA) is 74.8 Å². The third kappa shape index (κ3) is 2.86. The fraction of sp³-hybridized carbons (Fsp3) is 0.0714. The predicted octanol–water partition coefficient (Wildman–Crippen LogP) is 5.10. The highest BCUT2D eigenvalue weighted by molar-refractivity contribution is 6.52. The maximum absolute atomic E-state index is 13.7. The maximum atomic E-state index is 13.7. The van der Waals surface area contributed by atoms with Gasteiger partial charge in [-0.05, 0) is 47.6 Å². The minimum absolute atomic E-state index is 0.133. The summed E-state index contributed by atoms with van der Waals surface area (Å²) in [6.07, 6.45) is 4.47. The van der Waals surface area contributed by atoms with Crippen molar-refractivity contribution >= 4 is 52.4 Å². The second-order valence-corrected chi connectivity index (χ2v) is 10.0. The van der Waals surface area contributed by atoms with Crippen LogP contribution in [-0.2, 0) is 0 Å². The van der Waals surface area contributed by atoms with Crippen molar-refractivity contribution in [1.29, 1.82) is 0 Å². The number of carbonyl (C=O) groups excluding carboxylic acids is 4. The van der Waals surface area contributed by atoms with Crippen molar-refractivity contribution in [2.75, 3.05) is 0 Å². The fourth-order valence-electron chi connectivity index (χ4n) is 5.02. The first-order valence-electron chi connectivity index (χ1n) is 11.1. The Kier molecular flexibility index (Phi) is 4.84. The van der Waals surface area contributed by atoms with Gasteiger partial charge in [-0.15, -0.1) is 0 Å². The van der Waals surface area contributed by atoms with Gasteiger partial charge in [-0.25, -0.2) is 9.80 Å². The van der Waals surface area contributed by atoms with Crippen LogP contribution in [0.3, 0.4) is 0 Å². The molecule has 8 heteroatoms. The summed E-state index contributed by atoms with van der Waals surface area (Å²) in [5, 5.41) is 0. The Morgan fingerprint density at radius 3 is 1.33 bits per heavy atom. The summed E-state index contributed by atoms with van der Waals surface area (Å²) in [6.45, 7) is 0. The molecule has 3 aromatic carbocycles. The van der Waals surface area contributed by atoms with Crippen molar-refractivity contribution in [3.05, 3.63) is 125 Å². The summed E-state index contributed by atoms with van der Waals surface area (Å²) in [4.78, 5) is 56.4. The van der Waals surface area contributed by atoms with Crippen molar-refractivity contribution in [3.63, 3.8) is 0 Å². The normalized spacial score (nSPS) is 19.4. The average Bonchev–Trinajstić information content (AvgIpc) is 3.30. The van der Waals surface area contributed by atoms with Crippen LogP contribution in [0.2, 0.25) is 0 Å². The summed E-state index contributed by atoms with van der Waals surface area (Å²) in [7, 11) is 0. The molecule has 3 aromatic rings. The third-order valence-electron chi connectivity index (χ3n) is 6.70. The van der Waals surface area contributed by atoms with E-state index in [9.17, 15) is 19.2 Å². The van der Waals surface area contributed by atoms with E-state index in [-0.39, 0.29) is 22.3 Å². The number of benzene rings is 3. The molecule has 0 atom stereocenters. The van der Waals surface area contributed by atoms with E-state index < -0.39 is 33.6 Å². The molecule has 0 saturated carbocycles. The van der Waals surface area contributed by atoms with Gasteiger partial charge in [0.05, 0.1) is 22.3 Å². The van der Waals surface area contributed by atoms with Gasteiger partial charge in [-0.3, -0.25) is 19.2 Å². The van der Waals surface area contributed by atoms with Crippen molar-refractivity contribution in [2.24, 2.45) is 0 Å². The van der Waals surface area contributed by atoms with Gasteiger partial charge in [0.15, 0.2) is 10.00 Å². The number of halogens is 2. The van der Waals surface area contributed by atoms with Crippen LogP contribution in [-0.4, -0.2) is 43.4 Å². The number of fused-ring (bicyclic) bond motifs is 2. The van der Waals surface area contributed by atoms with Gasteiger partial charge in [-0.1, -0.05) is 83.9 Å². The molecule has 0 radical (unpaired) electrons. The molecule has 176 valence electrons.